The molecule has 0 saturated heterocycles. The minimum atomic E-state index is -4.00. The number of sulfonamides is 1. The van der Waals surface area contributed by atoms with Gasteiger partial charge in [-0.25, -0.2) is 13.1 Å². The van der Waals surface area contributed by atoms with Gasteiger partial charge in [0, 0.05) is 5.69 Å². The highest BCUT2D eigenvalue weighted by Crippen LogP contribution is 2.31. The quantitative estimate of drug-likeness (QED) is 0.583. The third kappa shape index (κ3) is 4.91. The van der Waals surface area contributed by atoms with Crippen LogP contribution in [0.4, 0.5) is 11.4 Å². The molecule has 32 heavy (non-hydrogen) atoms. The molecule has 0 bridgehead atoms. The molecule has 2 N–H and O–H groups in total. The number of benzene rings is 2. The molecule has 0 aliphatic rings. The molecule has 10 heteroatoms. The monoisotopic (exact) mass is 457 g/mol. The standard InChI is InChI=1S/C22H27N5O4S/c1-14-8-7-9-15(2)20(14)25-32(29,30)19-12-16(10-11-18(19)31-6)23-21(28)17-13-27(26-24-17)22(3,4)5/h7-13,25H,1-6H3,(H,23,28). The fourth-order valence-electron chi connectivity index (χ4n) is 3.02. The lowest BCUT2D eigenvalue weighted by atomic mass is 10.1. The molecule has 1 heterocycles. The van der Waals surface area contributed by atoms with Crippen LogP contribution >= 0.6 is 0 Å². The van der Waals surface area contributed by atoms with Gasteiger partial charge >= 0.3 is 0 Å². The lowest BCUT2D eigenvalue weighted by Gasteiger charge is -2.17. The molecule has 3 rings (SSSR count). The van der Waals surface area contributed by atoms with E-state index in [0.717, 1.165) is 11.1 Å². The Bertz CT molecular complexity index is 1240. The second kappa shape index (κ2) is 8.62. The molecular weight excluding hydrogens is 430 g/mol. The third-order valence-electron chi connectivity index (χ3n) is 4.84. The summed E-state index contributed by atoms with van der Waals surface area (Å²) in [4.78, 5) is 12.5. The van der Waals surface area contributed by atoms with Gasteiger partial charge in [-0.1, -0.05) is 23.4 Å². The molecule has 9 nitrogen and oxygen atoms in total. The number of amides is 1. The molecule has 170 valence electrons. The molecule has 0 fully saturated rings. The number of rotatable bonds is 6. The minimum absolute atomic E-state index is 0.0983. The van der Waals surface area contributed by atoms with Crippen molar-refractivity contribution in [3.63, 3.8) is 0 Å². The summed E-state index contributed by atoms with van der Waals surface area (Å²) in [6.45, 7) is 9.46. The number of hydrogen-bond acceptors (Lipinski definition) is 6. The molecule has 3 aromatic rings. The topological polar surface area (TPSA) is 115 Å². The van der Waals surface area contributed by atoms with Crippen molar-refractivity contribution >= 4 is 27.3 Å². The van der Waals surface area contributed by atoms with Crippen molar-refractivity contribution in [2.24, 2.45) is 0 Å². The van der Waals surface area contributed by atoms with Crippen molar-refractivity contribution in [1.29, 1.82) is 0 Å². The molecule has 0 aliphatic heterocycles. The van der Waals surface area contributed by atoms with E-state index in [2.05, 4.69) is 20.4 Å². The van der Waals surface area contributed by atoms with Gasteiger partial charge in [0.05, 0.1) is 24.5 Å². The van der Waals surface area contributed by atoms with Crippen molar-refractivity contribution in [2.45, 2.75) is 45.1 Å². The van der Waals surface area contributed by atoms with Crippen LogP contribution in [0.15, 0.2) is 47.5 Å². The fourth-order valence-corrected chi connectivity index (χ4v) is 4.42. The maximum Gasteiger partial charge on any atom is 0.277 e. The summed E-state index contributed by atoms with van der Waals surface area (Å²) in [5, 5.41) is 10.6. The first-order valence-electron chi connectivity index (χ1n) is 9.93. The Morgan fingerprint density at radius 1 is 1.09 bits per heavy atom. The summed E-state index contributed by atoms with van der Waals surface area (Å²) < 4.78 is 35.8. The predicted molar refractivity (Wildman–Crippen MR) is 123 cm³/mol. The number of nitrogens with zero attached hydrogens (tertiary/aromatic N) is 3. The van der Waals surface area contributed by atoms with Gasteiger partial charge in [-0.15, -0.1) is 5.10 Å². The van der Waals surface area contributed by atoms with E-state index in [0.29, 0.717) is 5.69 Å². The van der Waals surface area contributed by atoms with Crippen LogP contribution in [0.3, 0.4) is 0 Å². The van der Waals surface area contributed by atoms with E-state index in [4.69, 9.17) is 4.74 Å². The average Bonchev–Trinajstić information content (AvgIpc) is 3.22. The van der Waals surface area contributed by atoms with Crippen molar-refractivity contribution in [3.8, 4) is 5.75 Å². The summed E-state index contributed by atoms with van der Waals surface area (Å²) in [5.74, 6) is -0.350. The second-order valence-corrected chi connectivity index (χ2v) is 10.1. The van der Waals surface area contributed by atoms with Crippen LogP contribution < -0.4 is 14.8 Å². The van der Waals surface area contributed by atoms with Crippen molar-refractivity contribution < 1.29 is 17.9 Å². The SMILES string of the molecule is COc1ccc(NC(=O)c2cn(C(C)(C)C)nn2)cc1S(=O)(=O)Nc1c(C)cccc1C. The smallest absolute Gasteiger partial charge is 0.277 e. The molecule has 1 amide bonds. The third-order valence-corrected chi connectivity index (χ3v) is 6.21. The number of ether oxygens (including phenoxy) is 1. The van der Waals surface area contributed by atoms with E-state index in [1.165, 1.54) is 19.2 Å². The maximum absolute atomic E-state index is 13.2. The van der Waals surface area contributed by atoms with Crippen LogP contribution in [-0.4, -0.2) is 36.4 Å². The average molecular weight is 458 g/mol. The summed E-state index contributed by atoms with van der Waals surface area (Å²) >= 11 is 0. The van der Waals surface area contributed by atoms with E-state index < -0.39 is 15.9 Å². The highest BCUT2D eigenvalue weighted by Gasteiger charge is 2.23. The second-order valence-electron chi connectivity index (χ2n) is 8.41. The van der Waals surface area contributed by atoms with Crippen LogP contribution in [-0.2, 0) is 15.6 Å². The Morgan fingerprint density at radius 3 is 2.31 bits per heavy atom. The Hall–Kier alpha value is -3.40. The van der Waals surface area contributed by atoms with Crippen LogP contribution in [0, 0.1) is 13.8 Å². The predicted octanol–water partition coefficient (Wildman–Crippen LogP) is 3.71. The molecule has 0 atom stereocenters. The lowest BCUT2D eigenvalue weighted by Crippen LogP contribution is -2.22. The number of anilines is 2. The van der Waals surface area contributed by atoms with Crippen LogP contribution in [0.25, 0.3) is 0 Å². The number of methoxy groups -OCH3 is 1. The molecular formula is C22H27N5O4S. The summed E-state index contributed by atoms with van der Waals surface area (Å²) in [6, 6.07) is 9.90. The summed E-state index contributed by atoms with van der Waals surface area (Å²) in [5.41, 5.74) is 2.16. The van der Waals surface area contributed by atoms with Gasteiger partial charge in [-0.2, -0.15) is 0 Å². The molecule has 0 radical (unpaired) electrons. The van der Waals surface area contributed by atoms with Gasteiger partial charge in [0.1, 0.15) is 10.6 Å². The van der Waals surface area contributed by atoms with E-state index >= 15 is 0 Å². The number of aryl methyl sites for hydroxylation is 2. The Balaban J connectivity index is 1.91. The lowest BCUT2D eigenvalue weighted by molar-refractivity contribution is 0.102. The van der Waals surface area contributed by atoms with Crippen molar-refractivity contribution in [2.75, 3.05) is 17.1 Å². The highest BCUT2D eigenvalue weighted by molar-refractivity contribution is 7.92. The molecule has 0 saturated carbocycles. The first-order valence-corrected chi connectivity index (χ1v) is 11.4. The van der Waals surface area contributed by atoms with Gasteiger partial charge < -0.3 is 10.1 Å². The number of carbonyl (C=O) groups is 1. The number of carbonyl (C=O) groups excluding carboxylic acids is 1. The van der Waals surface area contributed by atoms with E-state index in [1.54, 1.807) is 16.9 Å². The van der Waals surface area contributed by atoms with Crippen LogP contribution in [0.5, 0.6) is 5.75 Å². The maximum atomic E-state index is 13.2. The van der Waals surface area contributed by atoms with Gasteiger partial charge in [0.2, 0.25) is 0 Å². The number of hydrogen-bond donors (Lipinski definition) is 2. The van der Waals surface area contributed by atoms with Gasteiger partial charge in [-0.05, 0) is 63.9 Å². The zero-order valence-corrected chi connectivity index (χ0v) is 19.7. The zero-order valence-electron chi connectivity index (χ0n) is 18.9. The Morgan fingerprint density at radius 2 is 1.75 bits per heavy atom. The number of para-hydroxylation sites is 1. The first-order chi connectivity index (χ1) is 14.9. The molecule has 0 aliphatic carbocycles. The first kappa shape index (κ1) is 23.3. The van der Waals surface area contributed by atoms with Gasteiger partial charge in [-0.3, -0.25) is 9.52 Å². The van der Waals surface area contributed by atoms with Gasteiger partial charge in [0.25, 0.3) is 15.9 Å². The largest absolute Gasteiger partial charge is 0.495 e. The molecule has 1 aromatic heterocycles. The molecule has 0 spiro atoms. The summed E-state index contributed by atoms with van der Waals surface area (Å²) in [7, 11) is -2.61. The van der Waals surface area contributed by atoms with Crippen molar-refractivity contribution in [3.05, 3.63) is 59.4 Å². The number of aromatic nitrogens is 3. The van der Waals surface area contributed by atoms with Crippen molar-refractivity contribution in [1.82, 2.24) is 15.0 Å². The van der Waals surface area contributed by atoms with E-state index in [9.17, 15) is 13.2 Å². The Kier molecular flexibility index (Phi) is 6.27. The van der Waals surface area contributed by atoms with E-state index in [-0.39, 0.29) is 27.6 Å². The normalized spacial score (nSPS) is 11.8. The van der Waals surface area contributed by atoms with Crippen LogP contribution in [0.1, 0.15) is 42.4 Å². The molecule has 0 unspecified atom stereocenters. The molecule has 2 aromatic carbocycles. The highest BCUT2D eigenvalue weighted by atomic mass is 32.2. The summed E-state index contributed by atoms with van der Waals surface area (Å²) in [6.07, 6.45) is 1.54. The minimum Gasteiger partial charge on any atom is -0.495 e. The van der Waals surface area contributed by atoms with E-state index in [1.807, 2.05) is 52.8 Å². The zero-order chi connectivity index (χ0) is 23.7. The van der Waals surface area contributed by atoms with Crippen LogP contribution in [0.2, 0.25) is 0 Å². The Labute approximate surface area is 187 Å². The van der Waals surface area contributed by atoms with Gasteiger partial charge in [0.15, 0.2) is 5.69 Å². The number of nitrogens with one attached hydrogen (secondary N) is 2. The fraction of sp³-hybridized carbons (Fsp3) is 0.318.